The summed E-state index contributed by atoms with van der Waals surface area (Å²) in [6, 6.07) is 15.1. The molecule has 0 saturated heterocycles. The number of ether oxygens (including phenoxy) is 2. The number of hydrogen-bond acceptors (Lipinski definition) is 4. The maximum Gasteiger partial charge on any atom is 0.334 e. The molecule has 2 aliphatic rings. The predicted molar refractivity (Wildman–Crippen MR) is 100.0 cm³/mol. The maximum atomic E-state index is 13.1. The van der Waals surface area contributed by atoms with Gasteiger partial charge in [0, 0.05) is 21.5 Å². The highest BCUT2D eigenvalue weighted by Crippen LogP contribution is 2.58. The third kappa shape index (κ3) is 2.34. The SMILES string of the molecule is CCOC(=O)C1=CC[C@@]2(C(=O)Oc3ccccc32)[C@H]1c1ccccc1Br. The van der Waals surface area contributed by atoms with Crippen molar-refractivity contribution in [1.29, 1.82) is 0 Å². The van der Waals surface area contributed by atoms with Crippen LogP contribution >= 0.6 is 15.9 Å². The molecule has 0 fully saturated rings. The lowest BCUT2D eigenvalue weighted by molar-refractivity contribution is -0.140. The van der Waals surface area contributed by atoms with Crippen LogP contribution in [0.2, 0.25) is 0 Å². The van der Waals surface area contributed by atoms with Crippen molar-refractivity contribution in [2.45, 2.75) is 24.7 Å². The highest BCUT2D eigenvalue weighted by Gasteiger charge is 2.59. The van der Waals surface area contributed by atoms with Gasteiger partial charge in [0.2, 0.25) is 0 Å². The van der Waals surface area contributed by atoms with Gasteiger partial charge in [-0.1, -0.05) is 58.4 Å². The second-order valence-corrected chi connectivity index (χ2v) is 7.25. The van der Waals surface area contributed by atoms with Crippen LogP contribution in [0.1, 0.15) is 30.4 Å². The number of esters is 2. The van der Waals surface area contributed by atoms with Crippen LogP contribution in [-0.4, -0.2) is 18.5 Å². The van der Waals surface area contributed by atoms with E-state index in [1.807, 2.05) is 48.5 Å². The molecule has 5 heteroatoms. The summed E-state index contributed by atoms with van der Waals surface area (Å²) in [7, 11) is 0. The Labute approximate surface area is 159 Å². The van der Waals surface area contributed by atoms with Crippen molar-refractivity contribution in [3.05, 3.63) is 75.8 Å². The van der Waals surface area contributed by atoms with Gasteiger partial charge in [-0.25, -0.2) is 4.79 Å². The number of carbonyl (C=O) groups excluding carboxylic acids is 2. The van der Waals surface area contributed by atoms with Crippen LogP contribution in [0.4, 0.5) is 0 Å². The van der Waals surface area contributed by atoms with Gasteiger partial charge in [0.15, 0.2) is 0 Å². The number of halogens is 1. The summed E-state index contributed by atoms with van der Waals surface area (Å²) in [5.74, 6) is -0.612. The number of allylic oxidation sites excluding steroid dienone is 1. The quantitative estimate of drug-likeness (QED) is 0.557. The molecule has 4 nitrogen and oxygen atoms in total. The first kappa shape index (κ1) is 17.0. The molecule has 26 heavy (non-hydrogen) atoms. The van der Waals surface area contributed by atoms with Crippen LogP contribution in [0, 0.1) is 0 Å². The summed E-state index contributed by atoms with van der Waals surface area (Å²) < 4.78 is 11.7. The number of fused-ring (bicyclic) bond motifs is 2. The molecule has 0 N–H and O–H groups in total. The number of benzene rings is 2. The number of para-hydroxylation sites is 1. The first-order valence-corrected chi connectivity index (χ1v) is 9.32. The molecule has 0 bridgehead atoms. The van der Waals surface area contributed by atoms with Crippen molar-refractivity contribution in [2.75, 3.05) is 6.61 Å². The third-order valence-corrected chi connectivity index (χ3v) is 5.83. The van der Waals surface area contributed by atoms with Crippen LogP contribution in [0.25, 0.3) is 0 Å². The van der Waals surface area contributed by atoms with Crippen molar-refractivity contribution in [3.63, 3.8) is 0 Å². The Morgan fingerprint density at radius 2 is 1.96 bits per heavy atom. The van der Waals surface area contributed by atoms with E-state index in [1.165, 1.54) is 0 Å². The van der Waals surface area contributed by atoms with Gasteiger partial charge in [-0.3, -0.25) is 4.79 Å². The molecule has 132 valence electrons. The zero-order chi connectivity index (χ0) is 18.3. The fourth-order valence-electron chi connectivity index (χ4n) is 4.02. The molecule has 0 unspecified atom stereocenters. The van der Waals surface area contributed by atoms with Crippen molar-refractivity contribution in [1.82, 2.24) is 0 Å². The first-order valence-electron chi connectivity index (χ1n) is 8.53. The van der Waals surface area contributed by atoms with Crippen molar-refractivity contribution in [3.8, 4) is 5.75 Å². The fraction of sp³-hybridized carbons (Fsp3) is 0.238. The minimum atomic E-state index is -0.942. The number of rotatable bonds is 3. The van der Waals surface area contributed by atoms with Gasteiger partial charge >= 0.3 is 11.9 Å². The molecule has 1 aliphatic carbocycles. The van der Waals surface area contributed by atoms with E-state index in [0.29, 0.717) is 17.7 Å². The van der Waals surface area contributed by atoms with E-state index in [2.05, 4.69) is 15.9 Å². The zero-order valence-corrected chi connectivity index (χ0v) is 15.8. The number of hydrogen-bond donors (Lipinski definition) is 0. The summed E-state index contributed by atoms with van der Waals surface area (Å²) in [4.78, 5) is 25.7. The van der Waals surface area contributed by atoms with E-state index in [1.54, 1.807) is 13.0 Å². The molecule has 1 aliphatic heterocycles. The molecule has 0 aromatic heterocycles. The highest BCUT2D eigenvalue weighted by atomic mass is 79.9. The number of carbonyl (C=O) groups is 2. The van der Waals surface area contributed by atoms with Gasteiger partial charge in [0.25, 0.3) is 0 Å². The minimum absolute atomic E-state index is 0.285. The molecule has 0 amide bonds. The van der Waals surface area contributed by atoms with E-state index in [0.717, 1.165) is 15.6 Å². The van der Waals surface area contributed by atoms with Crippen LogP contribution < -0.4 is 4.74 Å². The van der Waals surface area contributed by atoms with E-state index >= 15 is 0 Å². The first-order chi connectivity index (χ1) is 12.6. The van der Waals surface area contributed by atoms with E-state index in [4.69, 9.17) is 9.47 Å². The highest BCUT2D eigenvalue weighted by molar-refractivity contribution is 9.10. The van der Waals surface area contributed by atoms with Crippen molar-refractivity contribution >= 4 is 27.9 Å². The standard InChI is InChI=1S/C21H17BrO4/c1-2-25-19(23)14-11-12-21(18(14)13-7-3-5-9-16(13)22)15-8-4-6-10-17(15)26-20(21)24/h3-11,18H,2,12H2,1H3/t18-,21-/m0/s1. The average Bonchev–Trinajstić information content (AvgIpc) is 3.16. The Morgan fingerprint density at radius 1 is 1.23 bits per heavy atom. The molecule has 0 saturated carbocycles. The Bertz CT molecular complexity index is 933. The summed E-state index contributed by atoms with van der Waals surface area (Å²) in [5, 5.41) is 0. The predicted octanol–water partition coefficient (Wildman–Crippen LogP) is 4.28. The molecule has 2 atom stereocenters. The molecule has 4 rings (SSSR count). The molecule has 0 radical (unpaired) electrons. The molecular formula is C21H17BrO4. The van der Waals surface area contributed by atoms with Gasteiger partial charge in [-0.2, -0.15) is 0 Å². The van der Waals surface area contributed by atoms with Gasteiger partial charge < -0.3 is 9.47 Å². The van der Waals surface area contributed by atoms with Crippen molar-refractivity contribution in [2.24, 2.45) is 0 Å². The smallest absolute Gasteiger partial charge is 0.334 e. The minimum Gasteiger partial charge on any atom is -0.463 e. The summed E-state index contributed by atoms with van der Waals surface area (Å²) in [5.41, 5.74) is 1.26. The van der Waals surface area contributed by atoms with E-state index < -0.39 is 11.3 Å². The Balaban J connectivity index is 1.93. The maximum absolute atomic E-state index is 13.1. The molecule has 1 spiro atoms. The normalized spacial score (nSPS) is 23.5. The lowest BCUT2D eigenvalue weighted by Crippen LogP contribution is -2.38. The van der Waals surface area contributed by atoms with Crippen LogP contribution in [-0.2, 0) is 19.7 Å². The molecular weight excluding hydrogens is 396 g/mol. The fourth-order valence-corrected chi connectivity index (χ4v) is 4.54. The molecule has 2 aromatic rings. The largest absolute Gasteiger partial charge is 0.463 e. The Hall–Kier alpha value is -2.40. The van der Waals surface area contributed by atoms with E-state index in [9.17, 15) is 9.59 Å². The second kappa shape index (κ2) is 6.40. The monoisotopic (exact) mass is 412 g/mol. The Morgan fingerprint density at radius 3 is 2.73 bits per heavy atom. The summed E-state index contributed by atoms with van der Waals surface area (Å²) >= 11 is 3.58. The topological polar surface area (TPSA) is 52.6 Å². The summed E-state index contributed by atoms with van der Waals surface area (Å²) in [6.45, 7) is 2.06. The van der Waals surface area contributed by atoms with Gasteiger partial charge in [0.05, 0.1) is 6.61 Å². The van der Waals surface area contributed by atoms with Crippen molar-refractivity contribution < 1.29 is 19.1 Å². The lowest BCUT2D eigenvalue weighted by Gasteiger charge is -2.31. The van der Waals surface area contributed by atoms with Gasteiger partial charge in [-0.05, 0) is 31.0 Å². The third-order valence-electron chi connectivity index (χ3n) is 5.11. The second-order valence-electron chi connectivity index (χ2n) is 6.40. The van der Waals surface area contributed by atoms with Gasteiger partial charge in [0.1, 0.15) is 11.2 Å². The van der Waals surface area contributed by atoms with Crippen LogP contribution in [0.3, 0.4) is 0 Å². The van der Waals surface area contributed by atoms with Gasteiger partial charge in [-0.15, -0.1) is 0 Å². The lowest BCUT2D eigenvalue weighted by atomic mass is 9.68. The zero-order valence-electron chi connectivity index (χ0n) is 14.2. The van der Waals surface area contributed by atoms with E-state index in [-0.39, 0.29) is 18.5 Å². The molecule has 1 heterocycles. The summed E-state index contributed by atoms with van der Waals surface area (Å²) in [6.07, 6.45) is 2.23. The van der Waals surface area contributed by atoms with Crippen LogP contribution in [0.15, 0.2) is 64.7 Å². The van der Waals surface area contributed by atoms with Crippen LogP contribution in [0.5, 0.6) is 5.75 Å². The average molecular weight is 413 g/mol. The Kier molecular flexibility index (Phi) is 4.19. The molecule has 2 aromatic carbocycles.